The molecule has 3 heteroatoms. The van der Waals surface area contributed by atoms with Crippen LogP contribution < -0.4 is 15.2 Å². The first-order valence-corrected chi connectivity index (χ1v) is 7.22. The molecule has 0 aliphatic heterocycles. The average molecular weight is 277 g/mol. The summed E-state index contributed by atoms with van der Waals surface area (Å²) in [5.74, 6) is 2.09. The fraction of sp³-hybridized carbons (Fsp3) is 0.647. The Balaban J connectivity index is 2.12. The van der Waals surface area contributed by atoms with Crippen LogP contribution in [0.5, 0.6) is 11.5 Å². The van der Waals surface area contributed by atoms with Crippen LogP contribution in [0.15, 0.2) is 18.2 Å². The normalized spacial score (nSPS) is 21.4. The van der Waals surface area contributed by atoms with Gasteiger partial charge >= 0.3 is 0 Å². The van der Waals surface area contributed by atoms with Gasteiger partial charge in [-0.25, -0.2) is 0 Å². The summed E-state index contributed by atoms with van der Waals surface area (Å²) in [6, 6.07) is 6.23. The number of nitrogens with two attached hydrogens (primary N) is 1. The van der Waals surface area contributed by atoms with Gasteiger partial charge in [-0.3, -0.25) is 0 Å². The molecular formula is C17H27NO2. The third kappa shape index (κ3) is 2.28. The third-order valence-electron chi connectivity index (χ3n) is 5.48. The zero-order valence-electron chi connectivity index (χ0n) is 13.5. The van der Waals surface area contributed by atoms with E-state index in [2.05, 4.69) is 33.8 Å². The lowest BCUT2D eigenvalue weighted by molar-refractivity contribution is 0.354. The summed E-state index contributed by atoms with van der Waals surface area (Å²) >= 11 is 0. The molecule has 1 saturated carbocycles. The Morgan fingerprint density at radius 2 is 1.60 bits per heavy atom. The predicted molar refractivity (Wildman–Crippen MR) is 82.3 cm³/mol. The van der Waals surface area contributed by atoms with E-state index in [0.29, 0.717) is 16.7 Å². The Labute approximate surface area is 122 Å². The van der Waals surface area contributed by atoms with Gasteiger partial charge in [-0.15, -0.1) is 0 Å². The molecule has 0 saturated heterocycles. The number of rotatable bonds is 5. The van der Waals surface area contributed by atoms with Crippen LogP contribution in [0.2, 0.25) is 0 Å². The summed E-state index contributed by atoms with van der Waals surface area (Å²) in [6.45, 7) is 9.25. The number of benzene rings is 1. The molecule has 2 rings (SSSR count). The highest BCUT2D eigenvalue weighted by atomic mass is 16.5. The van der Waals surface area contributed by atoms with Crippen molar-refractivity contribution in [1.82, 2.24) is 0 Å². The van der Waals surface area contributed by atoms with Crippen LogP contribution in [0, 0.1) is 16.7 Å². The van der Waals surface area contributed by atoms with Gasteiger partial charge in [0.15, 0.2) is 11.5 Å². The van der Waals surface area contributed by atoms with Gasteiger partial charge in [-0.05, 0) is 40.9 Å². The second-order valence-electron chi connectivity index (χ2n) is 6.98. The van der Waals surface area contributed by atoms with E-state index in [9.17, 15) is 0 Å². The standard InChI is InChI=1S/C17H27NO2/c1-16(2)15(17(16,3)4)12(18)9-11-7-8-13(19-5)14(10-11)20-6/h7-8,10,12,15H,9,18H2,1-6H3. The number of hydrogen-bond donors (Lipinski definition) is 1. The molecule has 2 N–H and O–H groups in total. The van der Waals surface area contributed by atoms with Crippen LogP contribution >= 0.6 is 0 Å². The zero-order chi connectivity index (χ0) is 15.1. The largest absolute Gasteiger partial charge is 0.493 e. The van der Waals surface area contributed by atoms with E-state index in [-0.39, 0.29) is 6.04 Å². The minimum atomic E-state index is 0.179. The minimum Gasteiger partial charge on any atom is -0.493 e. The molecule has 112 valence electrons. The van der Waals surface area contributed by atoms with Crippen LogP contribution in [-0.2, 0) is 6.42 Å². The number of methoxy groups -OCH3 is 2. The second-order valence-corrected chi connectivity index (χ2v) is 6.98. The van der Waals surface area contributed by atoms with Gasteiger partial charge in [-0.1, -0.05) is 33.8 Å². The van der Waals surface area contributed by atoms with Gasteiger partial charge in [0.05, 0.1) is 14.2 Å². The number of ether oxygens (including phenoxy) is 2. The van der Waals surface area contributed by atoms with E-state index in [4.69, 9.17) is 15.2 Å². The molecule has 1 aromatic carbocycles. The maximum atomic E-state index is 6.45. The molecule has 0 aromatic heterocycles. The van der Waals surface area contributed by atoms with Gasteiger partial charge in [0.2, 0.25) is 0 Å². The molecular weight excluding hydrogens is 250 g/mol. The topological polar surface area (TPSA) is 44.5 Å². The summed E-state index contributed by atoms with van der Waals surface area (Å²) in [5.41, 5.74) is 8.30. The van der Waals surface area contributed by atoms with E-state index in [1.165, 1.54) is 5.56 Å². The van der Waals surface area contributed by atoms with Gasteiger partial charge in [0, 0.05) is 6.04 Å². The predicted octanol–water partition coefficient (Wildman–Crippen LogP) is 3.26. The maximum absolute atomic E-state index is 6.45. The molecule has 0 amide bonds. The van der Waals surface area contributed by atoms with E-state index in [1.807, 2.05) is 12.1 Å². The summed E-state index contributed by atoms with van der Waals surface area (Å²) in [4.78, 5) is 0. The molecule has 1 aliphatic rings. The molecule has 1 atom stereocenters. The van der Waals surface area contributed by atoms with Crippen molar-refractivity contribution in [2.45, 2.75) is 40.2 Å². The van der Waals surface area contributed by atoms with Crippen molar-refractivity contribution in [3.05, 3.63) is 23.8 Å². The van der Waals surface area contributed by atoms with Crippen molar-refractivity contribution in [2.75, 3.05) is 14.2 Å². The molecule has 1 unspecified atom stereocenters. The minimum absolute atomic E-state index is 0.179. The molecule has 0 bridgehead atoms. The van der Waals surface area contributed by atoms with Crippen LogP contribution in [-0.4, -0.2) is 20.3 Å². The van der Waals surface area contributed by atoms with E-state index in [0.717, 1.165) is 17.9 Å². The Kier molecular flexibility index (Phi) is 3.76. The van der Waals surface area contributed by atoms with Gasteiger partial charge in [0.1, 0.15) is 0 Å². The molecule has 0 heterocycles. The highest BCUT2D eigenvalue weighted by Crippen LogP contribution is 2.69. The summed E-state index contributed by atoms with van der Waals surface area (Å²) in [5, 5.41) is 0. The SMILES string of the molecule is COc1ccc(CC(N)C2C(C)(C)C2(C)C)cc1OC. The quantitative estimate of drug-likeness (QED) is 0.898. The second kappa shape index (κ2) is 4.96. The van der Waals surface area contributed by atoms with E-state index < -0.39 is 0 Å². The third-order valence-corrected chi connectivity index (χ3v) is 5.48. The Morgan fingerprint density at radius 1 is 1.05 bits per heavy atom. The van der Waals surface area contributed by atoms with Crippen LogP contribution in [0.4, 0.5) is 0 Å². The molecule has 1 aromatic rings. The zero-order valence-corrected chi connectivity index (χ0v) is 13.5. The lowest BCUT2D eigenvalue weighted by Crippen LogP contribution is -2.28. The van der Waals surface area contributed by atoms with Gasteiger partial charge in [-0.2, -0.15) is 0 Å². The fourth-order valence-electron chi connectivity index (χ4n) is 3.72. The number of hydrogen-bond acceptors (Lipinski definition) is 3. The average Bonchev–Trinajstić information content (AvgIpc) is 2.79. The first kappa shape index (κ1) is 15.2. The van der Waals surface area contributed by atoms with Gasteiger partial charge < -0.3 is 15.2 Å². The van der Waals surface area contributed by atoms with Crippen molar-refractivity contribution in [2.24, 2.45) is 22.5 Å². The van der Waals surface area contributed by atoms with Crippen molar-refractivity contribution in [3.63, 3.8) is 0 Å². The first-order chi connectivity index (χ1) is 9.25. The first-order valence-electron chi connectivity index (χ1n) is 7.22. The highest BCUT2D eigenvalue weighted by molar-refractivity contribution is 5.43. The molecule has 0 spiro atoms. The summed E-state index contributed by atoms with van der Waals surface area (Å²) < 4.78 is 10.6. The summed E-state index contributed by atoms with van der Waals surface area (Å²) in [6.07, 6.45) is 0.873. The Bertz CT molecular complexity index is 480. The Morgan fingerprint density at radius 3 is 2.05 bits per heavy atom. The van der Waals surface area contributed by atoms with Crippen molar-refractivity contribution in [1.29, 1.82) is 0 Å². The molecule has 1 aliphatic carbocycles. The van der Waals surface area contributed by atoms with Crippen molar-refractivity contribution >= 4 is 0 Å². The Hall–Kier alpha value is -1.22. The fourth-order valence-corrected chi connectivity index (χ4v) is 3.72. The molecule has 0 radical (unpaired) electrons. The van der Waals surface area contributed by atoms with E-state index in [1.54, 1.807) is 14.2 Å². The van der Waals surface area contributed by atoms with Crippen molar-refractivity contribution in [3.8, 4) is 11.5 Å². The lowest BCUT2D eigenvalue weighted by atomic mass is 9.97. The molecule has 3 nitrogen and oxygen atoms in total. The van der Waals surface area contributed by atoms with Crippen LogP contribution in [0.1, 0.15) is 33.3 Å². The van der Waals surface area contributed by atoms with Crippen molar-refractivity contribution < 1.29 is 9.47 Å². The monoisotopic (exact) mass is 277 g/mol. The van der Waals surface area contributed by atoms with Crippen LogP contribution in [0.3, 0.4) is 0 Å². The van der Waals surface area contributed by atoms with Crippen LogP contribution in [0.25, 0.3) is 0 Å². The van der Waals surface area contributed by atoms with Gasteiger partial charge in [0.25, 0.3) is 0 Å². The smallest absolute Gasteiger partial charge is 0.160 e. The lowest BCUT2D eigenvalue weighted by Gasteiger charge is -2.15. The molecule has 1 fully saturated rings. The highest BCUT2D eigenvalue weighted by Gasteiger charge is 2.66. The maximum Gasteiger partial charge on any atom is 0.160 e. The summed E-state index contributed by atoms with van der Waals surface area (Å²) in [7, 11) is 3.31. The molecule has 20 heavy (non-hydrogen) atoms. The van der Waals surface area contributed by atoms with E-state index >= 15 is 0 Å².